The smallest absolute Gasteiger partial charge is 0.0964 e. The molecule has 3 nitrogen and oxygen atoms in total. The van der Waals surface area contributed by atoms with Crippen LogP contribution in [0.25, 0.3) is 0 Å². The number of ether oxygens (including phenoxy) is 2. The largest absolute Gasteiger partial charge is 0.382 e. The lowest BCUT2D eigenvalue weighted by Gasteiger charge is -2.20. The van der Waals surface area contributed by atoms with Crippen LogP contribution in [0.15, 0.2) is 24.3 Å². The predicted octanol–water partition coefficient (Wildman–Crippen LogP) is 2.80. The van der Waals surface area contributed by atoms with Crippen LogP contribution in [-0.4, -0.2) is 32.9 Å². The lowest BCUT2D eigenvalue weighted by molar-refractivity contribution is 0.0165. The Bertz CT molecular complexity index is 369. The van der Waals surface area contributed by atoms with Gasteiger partial charge in [-0.2, -0.15) is 0 Å². The Morgan fingerprint density at radius 1 is 1.33 bits per heavy atom. The van der Waals surface area contributed by atoms with E-state index in [1.165, 1.54) is 12.8 Å². The molecule has 1 aromatic carbocycles. The minimum Gasteiger partial charge on any atom is -0.382 e. The third kappa shape index (κ3) is 4.25. The molecule has 0 aromatic heterocycles. The summed E-state index contributed by atoms with van der Waals surface area (Å²) in [5, 5.41) is 4.25. The molecule has 1 aromatic rings. The summed E-state index contributed by atoms with van der Waals surface area (Å²) < 4.78 is 10.9. The Kier molecular flexibility index (Phi) is 5.45. The molecule has 0 amide bonds. The molecule has 1 N–H and O–H groups in total. The van der Waals surface area contributed by atoms with Gasteiger partial charge in [-0.3, -0.25) is 0 Å². The van der Waals surface area contributed by atoms with Crippen LogP contribution in [0.2, 0.25) is 5.02 Å². The van der Waals surface area contributed by atoms with Crippen LogP contribution < -0.4 is 5.32 Å². The van der Waals surface area contributed by atoms with Crippen LogP contribution in [0.5, 0.6) is 0 Å². The van der Waals surface area contributed by atoms with Crippen molar-refractivity contribution in [2.45, 2.75) is 25.0 Å². The van der Waals surface area contributed by atoms with Crippen molar-refractivity contribution in [3.8, 4) is 0 Å². The minimum atomic E-state index is -0.00514. The van der Waals surface area contributed by atoms with E-state index < -0.39 is 0 Å². The van der Waals surface area contributed by atoms with Gasteiger partial charge in [0.2, 0.25) is 0 Å². The molecule has 0 saturated heterocycles. The maximum atomic E-state index is 6.22. The third-order valence-corrected chi connectivity index (χ3v) is 3.37. The maximum absolute atomic E-state index is 6.22. The monoisotopic (exact) mass is 269 g/mol. The van der Waals surface area contributed by atoms with E-state index in [0.717, 1.165) is 17.1 Å². The lowest BCUT2D eigenvalue weighted by Crippen LogP contribution is -2.26. The summed E-state index contributed by atoms with van der Waals surface area (Å²) in [5.74, 6) is 0. The second kappa shape index (κ2) is 7.10. The van der Waals surface area contributed by atoms with Crippen LogP contribution in [0, 0.1) is 0 Å². The number of halogens is 1. The van der Waals surface area contributed by atoms with Gasteiger partial charge in [0.15, 0.2) is 0 Å². The molecule has 100 valence electrons. The molecule has 0 spiro atoms. The standard InChI is InChI=1S/C14H20ClNO2/c1-17-8-9-18-14(10-16-11-6-7-11)12-4-2-3-5-13(12)15/h2-5,11,14,16H,6-10H2,1H3. The van der Waals surface area contributed by atoms with Crippen LogP contribution >= 0.6 is 11.6 Å². The molecule has 0 radical (unpaired) electrons. The second-order valence-electron chi connectivity index (χ2n) is 4.56. The van der Waals surface area contributed by atoms with Gasteiger partial charge in [-0.15, -0.1) is 0 Å². The lowest BCUT2D eigenvalue weighted by atomic mass is 10.1. The Hall–Kier alpha value is -0.610. The molecule has 4 heteroatoms. The average molecular weight is 270 g/mol. The summed E-state index contributed by atoms with van der Waals surface area (Å²) in [6.07, 6.45) is 2.54. The molecular weight excluding hydrogens is 250 g/mol. The van der Waals surface area contributed by atoms with E-state index in [4.69, 9.17) is 21.1 Å². The molecule has 1 aliphatic carbocycles. The van der Waals surface area contributed by atoms with Crippen LogP contribution in [-0.2, 0) is 9.47 Å². The number of rotatable bonds is 8. The first-order valence-electron chi connectivity index (χ1n) is 6.39. The van der Waals surface area contributed by atoms with Crippen molar-refractivity contribution in [2.24, 2.45) is 0 Å². The highest BCUT2D eigenvalue weighted by molar-refractivity contribution is 6.31. The summed E-state index contributed by atoms with van der Waals surface area (Å²) in [5.41, 5.74) is 1.04. The van der Waals surface area contributed by atoms with Gasteiger partial charge in [0.1, 0.15) is 0 Å². The number of hydrogen-bond donors (Lipinski definition) is 1. The number of benzene rings is 1. The van der Waals surface area contributed by atoms with Gasteiger partial charge < -0.3 is 14.8 Å². The molecule has 0 heterocycles. The van der Waals surface area contributed by atoms with Crippen molar-refractivity contribution < 1.29 is 9.47 Å². The van der Waals surface area contributed by atoms with Crippen LogP contribution in [0.1, 0.15) is 24.5 Å². The highest BCUT2D eigenvalue weighted by Crippen LogP contribution is 2.26. The first kappa shape index (κ1) is 13.8. The Morgan fingerprint density at radius 2 is 2.11 bits per heavy atom. The zero-order chi connectivity index (χ0) is 12.8. The van der Waals surface area contributed by atoms with Crippen molar-refractivity contribution in [1.29, 1.82) is 0 Å². The van der Waals surface area contributed by atoms with E-state index in [1.54, 1.807) is 7.11 Å². The third-order valence-electron chi connectivity index (χ3n) is 3.03. The Balaban J connectivity index is 1.95. The van der Waals surface area contributed by atoms with Crippen molar-refractivity contribution >= 4 is 11.6 Å². The van der Waals surface area contributed by atoms with E-state index in [2.05, 4.69) is 5.32 Å². The molecule has 0 bridgehead atoms. The van der Waals surface area contributed by atoms with Gasteiger partial charge in [0, 0.05) is 30.3 Å². The summed E-state index contributed by atoms with van der Waals surface area (Å²) in [6.45, 7) is 1.99. The highest BCUT2D eigenvalue weighted by atomic mass is 35.5. The van der Waals surface area contributed by atoms with Gasteiger partial charge >= 0.3 is 0 Å². The Labute approximate surface area is 113 Å². The molecule has 1 unspecified atom stereocenters. The normalized spacial score (nSPS) is 16.8. The van der Waals surface area contributed by atoms with Crippen molar-refractivity contribution in [1.82, 2.24) is 5.32 Å². The van der Waals surface area contributed by atoms with Crippen molar-refractivity contribution in [3.05, 3.63) is 34.9 Å². The molecule has 1 atom stereocenters. The molecule has 1 fully saturated rings. The number of hydrogen-bond acceptors (Lipinski definition) is 3. The molecule has 1 saturated carbocycles. The predicted molar refractivity (Wildman–Crippen MR) is 73.0 cm³/mol. The van der Waals surface area contributed by atoms with Crippen molar-refractivity contribution in [3.63, 3.8) is 0 Å². The van der Waals surface area contributed by atoms with Gasteiger partial charge in [0.05, 0.1) is 19.3 Å². The zero-order valence-electron chi connectivity index (χ0n) is 10.7. The first-order valence-corrected chi connectivity index (χ1v) is 6.77. The van der Waals surface area contributed by atoms with Gasteiger partial charge in [0.25, 0.3) is 0 Å². The summed E-state index contributed by atoms with van der Waals surface area (Å²) >= 11 is 6.22. The molecule has 1 aliphatic rings. The van der Waals surface area contributed by atoms with Gasteiger partial charge in [-0.1, -0.05) is 29.8 Å². The maximum Gasteiger partial charge on any atom is 0.0964 e. The van der Waals surface area contributed by atoms with Gasteiger partial charge in [-0.05, 0) is 18.9 Å². The quantitative estimate of drug-likeness (QED) is 0.736. The van der Waals surface area contributed by atoms with Crippen LogP contribution in [0.3, 0.4) is 0 Å². The van der Waals surface area contributed by atoms with E-state index in [-0.39, 0.29) is 6.10 Å². The summed E-state index contributed by atoms with van der Waals surface area (Å²) in [4.78, 5) is 0. The number of methoxy groups -OCH3 is 1. The zero-order valence-corrected chi connectivity index (χ0v) is 11.5. The first-order chi connectivity index (χ1) is 8.81. The fourth-order valence-electron chi connectivity index (χ4n) is 1.83. The minimum absolute atomic E-state index is 0.00514. The topological polar surface area (TPSA) is 30.5 Å². The van der Waals surface area contributed by atoms with E-state index in [9.17, 15) is 0 Å². The van der Waals surface area contributed by atoms with E-state index in [1.807, 2.05) is 24.3 Å². The second-order valence-corrected chi connectivity index (χ2v) is 4.96. The molecular formula is C14H20ClNO2. The summed E-state index contributed by atoms with van der Waals surface area (Å²) in [7, 11) is 1.68. The highest BCUT2D eigenvalue weighted by Gasteiger charge is 2.23. The van der Waals surface area contributed by atoms with E-state index >= 15 is 0 Å². The fraction of sp³-hybridized carbons (Fsp3) is 0.571. The van der Waals surface area contributed by atoms with E-state index in [0.29, 0.717) is 19.3 Å². The molecule has 0 aliphatic heterocycles. The Morgan fingerprint density at radius 3 is 2.78 bits per heavy atom. The number of nitrogens with one attached hydrogen (secondary N) is 1. The van der Waals surface area contributed by atoms with Crippen molar-refractivity contribution in [2.75, 3.05) is 26.9 Å². The van der Waals surface area contributed by atoms with Gasteiger partial charge in [-0.25, -0.2) is 0 Å². The summed E-state index contributed by atoms with van der Waals surface area (Å²) in [6, 6.07) is 8.52. The fourth-order valence-corrected chi connectivity index (χ4v) is 2.09. The molecule has 2 rings (SSSR count). The average Bonchev–Trinajstić information content (AvgIpc) is 3.19. The SMILES string of the molecule is COCCOC(CNC1CC1)c1ccccc1Cl. The van der Waals surface area contributed by atoms with Crippen LogP contribution in [0.4, 0.5) is 0 Å². The molecule has 18 heavy (non-hydrogen) atoms.